The van der Waals surface area contributed by atoms with Gasteiger partial charge in [0, 0.05) is 42.4 Å². The number of hydrogen-bond acceptors (Lipinski definition) is 7. The van der Waals surface area contributed by atoms with Gasteiger partial charge in [-0.1, -0.05) is 24.1 Å². The first-order valence-corrected chi connectivity index (χ1v) is 11.3. The maximum Gasteiger partial charge on any atom is 0.335 e. The number of anilines is 1. The molecule has 2 aromatic carbocycles. The first kappa shape index (κ1) is 21.4. The van der Waals surface area contributed by atoms with Crippen molar-refractivity contribution < 1.29 is 9.90 Å². The van der Waals surface area contributed by atoms with E-state index in [0.717, 1.165) is 22.0 Å². The van der Waals surface area contributed by atoms with Crippen molar-refractivity contribution in [2.24, 2.45) is 0 Å². The Morgan fingerprint density at radius 1 is 1.00 bits per heavy atom. The number of carboxylic acid groups (broad SMARTS) is 1. The minimum absolute atomic E-state index is 0.112. The molecular formula is C27H19N7O2. The Morgan fingerprint density at radius 3 is 2.75 bits per heavy atom. The van der Waals surface area contributed by atoms with Crippen LogP contribution in [0.3, 0.4) is 0 Å². The molecule has 0 aliphatic carbocycles. The molecule has 0 atom stereocenters. The zero-order valence-corrected chi connectivity index (χ0v) is 19.0. The Hall–Kier alpha value is -5.10. The van der Waals surface area contributed by atoms with E-state index in [1.165, 1.54) is 0 Å². The van der Waals surface area contributed by atoms with Crippen molar-refractivity contribution in [2.45, 2.75) is 5.92 Å². The summed E-state index contributed by atoms with van der Waals surface area (Å²) in [5, 5.41) is 17.4. The van der Waals surface area contributed by atoms with E-state index in [1.54, 1.807) is 42.9 Å². The molecule has 3 aromatic heterocycles. The molecule has 0 spiro atoms. The minimum atomic E-state index is -0.913. The van der Waals surface area contributed by atoms with Gasteiger partial charge in [-0.25, -0.2) is 24.7 Å². The van der Waals surface area contributed by atoms with Gasteiger partial charge in [0.25, 0.3) is 0 Å². The summed E-state index contributed by atoms with van der Waals surface area (Å²) >= 11 is 0. The van der Waals surface area contributed by atoms with Crippen LogP contribution in [-0.2, 0) is 0 Å². The number of fused-ring (bicyclic) bond motifs is 1. The fraction of sp³-hybridized carbons (Fsp3) is 0.111. The average molecular weight is 473 g/mol. The van der Waals surface area contributed by atoms with E-state index in [1.807, 2.05) is 35.2 Å². The van der Waals surface area contributed by atoms with E-state index < -0.39 is 5.97 Å². The number of benzene rings is 2. The molecule has 0 amide bonds. The summed E-state index contributed by atoms with van der Waals surface area (Å²) in [5.41, 5.74) is 4.18. The summed E-state index contributed by atoms with van der Waals surface area (Å²) in [6.07, 6.45) is 5.11. The maximum absolute atomic E-state index is 11.5. The molecule has 2 N–H and O–H groups in total. The number of rotatable bonds is 4. The van der Waals surface area contributed by atoms with E-state index in [2.05, 4.69) is 42.0 Å². The molecule has 0 bridgehead atoms. The van der Waals surface area contributed by atoms with Gasteiger partial charge < -0.3 is 10.0 Å². The third-order valence-corrected chi connectivity index (χ3v) is 6.10. The Labute approximate surface area is 205 Å². The molecule has 1 saturated heterocycles. The van der Waals surface area contributed by atoms with Gasteiger partial charge in [-0.3, -0.25) is 5.10 Å². The van der Waals surface area contributed by atoms with Crippen LogP contribution in [0.4, 0.5) is 5.95 Å². The zero-order chi connectivity index (χ0) is 24.5. The van der Waals surface area contributed by atoms with Crippen LogP contribution >= 0.6 is 0 Å². The molecule has 1 aliphatic heterocycles. The predicted octanol–water partition coefficient (Wildman–Crippen LogP) is 3.51. The molecule has 9 heteroatoms. The molecule has 1 fully saturated rings. The molecule has 5 aromatic rings. The van der Waals surface area contributed by atoms with E-state index in [-0.39, 0.29) is 5.92 Å². The first-order chi connectivity index (χ1) is 17.6. The minimum Gasteiger partial charge on any atom is -0.478 e. The highest BCUT2D eigenvalue weighted by Gasteiger charge is 2.32. The number of carboxylic acids is 1. The third-order valence-electron chi connectivity index (χ3n) is 6.10. The fourth-order valence-corrected chi connectivity index (χ4v) is 4.22. The van der Waals surface area contributed by atoms with Crippen LogP contribution in [0.1, 0.15) is 33.1 Å². The van der Waals surface area contributed by atoms with Gasteiger partial charge in [-0.2, -0.15) is 5.10 Å². The topological polar surface area (TPSA) is 121 Å². The van der Waals surface area contributed by atoms with Gasteiger partial charge in [0.1, 0.15) is 11.4 Å². The van der Waals surface area contributed by atoms with Gasteiger partial charge in [-0.05, 0) is 47.9 Å². The normalized spacial score (nSPS) is 13.2. The summed E-state index contributed by atoms with van der Waals surface area (Å²) in [5.74, 6) is 6.45. The van der Waals surface area contributed by atoms with E-state index in [9.17, 15) is 9.90 Å². The molecular weight excluding hydrogens is 454 g/mol. The molecule has 0 unspecified atom stereocenters. The van der Waals surface area contributed by atoms with Gasteiger partial charge in [0.2, 0.25) is 5.95 Å². The molecule has 0 saturated carbocycles. The molecule has 0 radical (unpaired) electrons. The number of hydrogen-bond donors (Lipinski definition) is 2. The van der Waals surface area contributed by atoms with Crippen molar-refractivity contribution in [1.29, 1.82) is 0 Å². The van der Waals surface area contributed by atoms with Crippen LogP contribution in [0.15, 0.2) is 73.2 Å². The van der Waals surface area contributed by atoms with Crippen LogP contribution in [-0.4, -0.2) is 54.3 Å². The number of aromatic carboxylic acids is 1. The second-order valence-electron chi connectivity index (χ2n) is 8.42. The van der Waals surface area contributed by atoms with Crippen molar-refractivity contribution in [1.82, 2.24) is 30.1 Å². The number of aromatic nitrogens is 6. The molecule has 6 rings (SSSR count). The highest BCUT2D eigenvalue weighted by atomic mass is 16.4. The molecule has 9 nitrogen and oxygen atoms in total. The van der Waals surface area contributed by atoms with Crippen LogP contribution in [0.2, 0.25) is 0 Å². The number of aromatic amines is 1. The van der Waals surface area contributed by atoms with Crippen molar-refractivity contribution in [3.05, 3.63) is 95.6 Å². The van der Waals surface area contributed by atoms with Crippen LogP contribution in [0, 0.1) is 11.8 Å². The summed E-state index contributed by atoms with van der Waals surface area (Å²) in [6.45, 7) is 1.28. The summed E-state index contributed by atoms with van der Waals surface area (Å²) in [7, 11) is 0. The van der Waals surface area contributed by atoms with Gasteiger partial charge in [-0.15, -0.1) is 0 Å². The maximum atomic E-state index is 11.5. The van der Waals surface area contributed by atoms with E-state index in [4.69, 9.17) is 0 Å². The quantitative estimate of drug-likeness (QED) is 0.381. The second kappa shape index (κ2) is 8.92. The molecule has 1 aliphatic rings. The van der Waals surface area contributed by atoms with Crippen molar-refractivity contribution >= 4 is 22.8 Å². The third kappa shape index (κ3) is 4.12. The highest BCUT2D eigenvalue weighted by Crippen LogP contribution is 2.32. The largest absolute Gasteiger partial charge is 0.478 e. The number of H-pyrrole nitrogens is 1. The zero-order valence-electron chi connectivity index (χ0n) is 19.0. The highest BCUT2D eigenvalue weighted by molar-refractivity contribution is 5.89. The Kier molecular flexibility index (Phi) is 5.31. The summed E-state index contributed by atoms with van der Waals surface area (Å²) in [6, 6.07) is 16.5. The lowest BCUT2D eigenvalue weighted by atomic mass is 9.88. The van der Waals surface area contributed by atoms with Crippen molar-refractivity contribution in [3.63, 3.8) is 0 Å². The smallest absolute Gasteiger partial charge is 0.335 e. The van der Waals surface area contributed by atoms with Crippen LogP contribution < -0.4 is 4.90 Å². The van der Waals surface area contributed by atoms with Gasteiger partial charge in [0.05, 0.1) is 17.3 Å². The number of nitrogens with one attached hydrogen (secondary N) is 1. The lowest BCUT2D eigenvalue weighted by molar-refractivity contribution is 0.0695. The SMILES string of the molecule is O=C(O)c1ccccc1C1CN(c2nccc(-c3nccc(C#Cc4ccc5[nH]ncc5c4)n3)n2)C1. The lowest BCUT2D eigenvalue weighted by Gasteiger charge is -2.40. The lowest BCUT2D eigenvalue weighted by Crippen LogP contribution is -2.46. The predicted molar refractivity (Wildman–Crippen MR) is 133 cm³/mol. The summed E-state index contributed by atoms with van der Waals surface area (Å²) in [4.78, 5) is 31.6. The van der Waals surface area contributed by atoms with Gasteiger partial charge in [0.15, 0.2) is 5.82 Å². The van der Waals surface area contributed by atoms with Gasteiger partial charge >= 0.3 is 5.97 Å². The standard InChI is InChI=1S/C27H19N7O2/c35-26(36)22-4-2-1-3-21(22)19-15-34(16-19)27-29-12-10-24(32-27)25-28-11-9-20(31-25)7-5-17-6-8-23-18(13-17)14-30-33-23/h1-4,6,8-14,19H,15-16H2,(H,30,33)(H,35,36). The molecule has 174 valence electrons. The van der Waals surface area contributed by atoms with Crippen molar-refractivity contribution in [3.8, 4) is 23.4 Å². The average Bonchev–Trinajstić information content (AvgIpc) is 3.35. The second-order valence-corrected chi connectivity index (χ2v) is 8.42. The van der Waals surface area contributed by atoms with Crippen LogP contribution in [0.5, 0.6) is 0 Å². The Bertz CT molecular complexity index is 1660. The fourth-order valence-electron chi connectivity index (χ4n) is 4.22. The Morgan fingerprint density at radius 2 is 1.86 bits per heavy atom. The van der Waals surface area contributed by atoms with Crippen LogP contribution in [0.25, 0.3) is 22.4 Å². The van der Waals surface area contributed by atoms with E-state index >= 15 is 0 Å². The number of carbonyl (C=O) groups is 1. The molecule has 36 heavy (non-hydrogen) atoms. The Balaban J connectivity index is 1.20. The van der Waals surface area contributed by atoms with E-state index in [0.29, 0.717) is 41.8 Å². The monoisotopic (exact) mass is 473 g/mol. The first-order valence-electron chi connectivity index (χ1n) is 11.3. The van der Waals surface area contributed by atoms with Crippen molar-refractivity contribution in [2.75, 3.05) is 18.0 Å². The summed E-state index contributed by atoms with van der Waals surface area (Å²) < 4.78 is 0. The molecule has 4 heterocycles. The number of nitrogens with zero attached hydrogens (tertiary/aromatic N) is 6.